The van der Waals surface area contributed by atoms with Gasteiger partial charge in [-0.05, 0) is 46.1 Å². The Morgan fingerprint density at radius 2 is 2.16 bits per heavy atom. The van der Waals surface area contributed by atoms with Crippen LogP contribution in [0.4, 0.5) is 0 Å². The van der Waals surface area contributed by atoms with E-state index in [1.807, 2.05) is 31.7 Å². The number of carbonyl (C=O) groups excluding carboxylic acids is 1. The van der Waals surface area contributed by atoms with E-state index < -0.39 is 0 Å². The first-order valence-electron chi connectivity index (χ1n) is 6.64. The molecule has 1 amide bonds. The molecular formula is C14H23ClN2O2. The molecule has 2 N–H and O–H groups in total. The second-order valence-corrected chi connectivity index (χ2v) is 5.25. The van der Waals surface area contributed by atoms with Crippen molar-refractivity contribution < 1.29 is 9.21 Å². The molecule has 2 unspecified atom stereocenters. The average Bonchev–Trinajstić information content (AvgIpc) is 2.67. The molecular weight excluding hydrogens is 264 g/mol. The molecule has 5 heteroatoms. The smallest absolute Gasteiger partial charge is 0.257 e. The molecule has 0 bridgehead atoms. The molecule has 1 fully saturated rings. The van der Waals surface area contributed by atoms with Gasteiger partial charge in [0.1, 0.15) is 11.5 Å². The van der Waals surface area contributed by atoms with Gasteiger partial charge in [0.2, 0.25) is 0 Å². The number of hydrogen-bond donors (Lipinski definition) is 1. The fourth-order valence-corrected chi connectivity index (χ4v) is 2.75. The maximum absolute atomic E-state index is 12.6. The van der Waals surface area contributed by atoms with Crippen LogP contribution in [0.5, 0.6) is 0 Å². The first kappa shape index (κ1) is 16.1. The number of piperidine rings is 1. The van der Waals surface area contributed by atoms with E-state index in [0.29, 0.717) is 11.3 Å². The molecule has 1 aromatic rings. The molecule has 108 valence electrons. The molecule has 2 atom stereocenters. The summed E-state index contributed by atoms with van der Waals surface area (Å²) in [5.41, 5.74) is 6.68. The molecule has 1 aliphatic heterocycles. The highest BCUT2D eigenvalue weighted by molar-refractivity contribution is 5.95. The SMILES string of the molecule is Cc1cc(C(=O)N2CCCCC2C(C)N)c(C)o1.Cl. The molecule has 4 nitrogen and oxygen atoms in total. The molecule has 0 radical (unpaired) electrons. The van der Waals surface area contributed by atoms with Crippen molar-refractivity contribution in [2.75, 3.05) is 6.54 Å². The third kappa shape index (κ3) is 3.31. The Hall–Kier alpha value is -1.000. The van der Waals surface area contributed by atoms with Gasteiger partial charge < -0.3 is 15.1 Å². The molecule has 2 rings (SSSR count). The Morgan fingerprint density at radius 3 is 2.68 bits per heavy atom. The van der Waals surface area contributed by atoms with Crippen LogP contribution in [0.3, 0.4) is 0 Å². The Morgan fingerprint density at radius 1 is 1.47 bits per heavy atom. The van der Waals surface area contributed by atoms with Gasteiger partial charge in [-0.25, -0.2) is 0 Å². The number of amides is 1. The highest BCUT2D eigenvalue weighted by atomic mass is 35.5. The number of nitrogens with two attached hydrogens (primary N) is 1. The summed E-state index contributed by atoms with van der Waals surface area (Å²) in [5.74, 6) is 1.54. The molecule has 0 aromatic carbocycles. The second-order valence-electron chi connectivity index (χ2n) is 5.25. The second kappa shape index (κ2) is 6.44. The lowest BCUT2D eigenvalue weighted by molar-refractivity contribution is 0.0582. The first-order valence-corrected chi connectivity index (χ1v) is 6.64. The maximum Gasteiger partial charge on any atom is 0.257 e. The van der Waals surface area contributed by atoms with Crippen LogP contribution in [0.1, 0.15) is 48.1 Å². The zero-order chi connectivity index (χ0) is 13.3. The van der Waals surface area contributed by atoms with Crippen LogP contribution in [0.25, 0.3) is 0 Å². The van der Waals surface area contributed by atoms with E-state index in [2.05, 4.69) is 0 Å². The summed E-state index contributed by atoms with van der Waals surface area (Å²) in [6.45, 7) is 6.48. The lowest BCUT2D eigenvalue weighted by Gasteiger charge is -2.38. The maximum atomic E-state index is 12.6. The summed E-state index contributed by atoms with van der Waals surface area (Å²) in [6.07, 6.45) is 3.21. The van der Waals surface area contributed by atoms with Crippen LogP contribution in [0.15, 0.2) is 10.5 Å². The number of furan rings is 1. The van der Waals surface area contributed by atoms with Crippen molar-refractivity contribution in [3.8, 4) is 0 Å². The Balaban J connectivity index is 0.00000180. The standard InChI is InChI=1S/C14H22N2O2.ClH/c1-9-8-12(11(3)18-9)14(17)16-7-5-4-6-13(16)10(2)15;/h8,10,13H,4-7,15H2,1-3H3;1H. The fourth-order valence-electron chi connectivity index (χ4n) is 2.75. The summed E-state index contributed by atoms with van der Waals surface area (Å²) in [7, 11) is 0. The zero-order valence-electron chi connectivity index (χ0n) is 11.8. The summed E-state index contributed by atoms with van der Waals surface area (Å²) in [5, 5.41) is 0. The number of likely N-dealkylation sites (tertiary alicyclic amines) is 1. The number of halogens is 1. The normalized spacial score (nSPS) is 20.8. The van der Waals surface area contributed by atoms with Gasteiger partial charge in [0, 0.05) is 18.6 Å². The van der Waals surface area contributed by atoms with Crippen LogP contribution in [-0.4, -0.2) is 29.4 Å². The number of carbonyl (C=O) groups is 1. The summed E-state index contributed by atoms with van der Waals surface area (Å²) < 4.78 is 5.44. The third-order valence-corrected chi connectivity index (χ3v) is 3.69. The summed E-state index contributed by atoms with van der Waals surface area (Å²) in [6, 6.07) is 1.99. The lowest BCUT2D eigenvalue weighted by Crippen LogP contribution is -2.51. The minimum absolute atomic E-state index is 0. The number of hydrogen-bond acceptors (Lipinski definition) is 3. The highest BCUT2D eigenvalue weighted by Gasteiger charge is 2.31. The molecule has 2 heterocycles. The van der Waals surface area contributed by atoms with Crippen molar-refractivity contribution in [3.63, 3.8) is 0 Å². The topological polar surface area (TPSA) is 59.5 Å². The van der Waals surface area contributed by atoms with Gasteiger partial charge in [-0.3, -0.25) is 4.79 Å². The van der Waals surface area contributed by atoms with Gasteiger partial charge in [-0.1, -0.05) is 0 Å². The Kier molecular flexibility index (Phi) is 5.44. The van der Waals surface area contributed by atoms with Gasteiger partial charge in [0.25, 0.3) is 5.91 Å². The fraction of sp³-hybridized carbons (Fsp3) is 0.643. The van der Waals surface area contributed by atoms with Crippen LogP contribution >= 0.6 is 12.4 Å². The van der Waals surface area contributed by atoms with E-state index in [9.17, 15) is 4.79 Å². The Labute approximate surface area is 120 Å². The summed E-state index contributed by atoms with van der Waals surface area (Å²) in [4.78, 5) is 14.5. The average molecular weight is 287 g/mol. The van der Waals surface area contributed by atoms with Crippen LogP contribution in [0, 0.1) is 13.8 Å². The number of aryl methyl sites for hydroxylation is 2. The Bertz CT molecular complexity index is 443. The van der Waals surface area contributed by atoms with E-state index >= 15 is 0 Å². The molecule has 0 aliphatic carbocycles. The predicted molar refractivity (Wildman–Crippen MR) is 77.8 cm³/mol. The first-order chi connectivity index (χ1) is 8.50. The van der Waals surface area contributed by atoms with Gasteiger partial charge in [-0.15, -0.1) is 12.4 Å². The van der Waals surface area contributed by atoms with Crippen molar-refractivity contribution >= 4 is 18.3 Å². The molecule has 1 aliphatic rings. The minimum Gasteiger partial charge on any atom is -0.466 e. The van der Waals surface area contributed by atoms with Crippen molar-refractivity contribution in [2.45, 2.75) is 52.1 Å². The zero-order valence-corrected chi connectivity index (χ0v) is 12.6. The van der Waals surface area contributed by atoms with Gasteiger partial charge in [0.15, 0.2) is 0 Å². The molecule has 19 heavy (non-hydrogen) atoms. The van der Waals surface area contributed by atoms with Crippen LogP contribution < -0.4 is 5.73 Å². The van der Waals surface area contributed by atoms with Crippen molar-refractivity contribution in [1.29, 1.82) is 0 Å². The van der Waals surface area contributed by atoms with E-state index in [-0.39, 0.29) is 30.4 Å². The van der Waals surface area contributed by atoms with Crippen molar-refractivity contribution in [3.05, 3.63) is 23.2 Å². The van der Waals surface area contributed by atoms with E-state index in [1.165, 1.54) is 0 Å². The van der Waals surface area contributed by atoms with Gasteiger partial charge in [-0.2, -0.15) is 0 Å². The highest BCUT2D eigenvalue weighted by Crippen LogP contribution is 2.23. The molecule has 0 spiro atoms. The van der Waals surface area contributed by atoms with E-state index in [1.54, 1.807) is 0 Å². The predicted octanol–water partition coefficient (Wildman–Crippen LogP) is 2.66. The lowest BCUT2D eigenvalue weighted by atomic mass is 9.96. The molecule has 0 saturated carbocycles. The molecule has 1 aromatic heterocycles. The van der Waals surface area contributed by atoms with Gasteiger partial charge in [0.05, 0.1) is 5.56 Å². The van der Waals surface area contributed by atoms with Gasteiger partial charge >= 0.3 is 0 Å². The van der Waals surface area contributed by atoms with E-state index in [4.69, 9.17) is 10.2 Å². The van der Waals surface area contributed by atoms with Crippen LogP contribution in [-0.2, 0) is 0 Å². The van der Waals surface area contributed by atoms with Crippen molar-refractivity contribution in [1.82, 2.24) is 4.90 Å². The third-order valence-electron chi connectivity index (χ3n) is 3.69. The number of nitrogens with zero attached hydrogens (tertiary/aromatic N) is 1. The molecule has 1 saturated heterocycles. The van der Waals surface area contributed by atoms with Crippen LogP contribution in [0.2, 0.25) is 0 Å². The largest absolute Gasteiger partial charge is 0.466 e. The minimum atomic E-state index is 0. The van der Waals surface area contributed by atoms with E-state index in [0.717, 1.165) is 31.6 Å². The quantitative estimate of drug-likeness (QED) is 0.909. The van der Waals surface area contributed by atoms with Crippen molar-refractivity contribution in [2.24, 2.45) is 5.73 Å². The monoisotopic (exact) mass is 286 g/mol. The number of rotatable bonds is 2. The summed E-state index contributed by atoms with van der Waals surface area (Å²) >= 11 is 0.